The Morgan fingerprint density at radius 2 is 1.68 bits per heavy atom. The van der Waals surface area contributed by atoms with E-state index in [0.29, 0.717) is 5.56 Å². The number of aliphatic hydroxyl groups is 7. The molecule has 34 heavy (non-hydrogen) atoms. The van der Waals surface area contributed by atoms with Gasteiger partial charge in [-0.25, -0.2) is 0 Å². The number of rotatable bonds is 8. The molecule has 2 aliphatic rings. The van der Waals surface area contributed by atoms with Gasteiger partial charge in [-0.05, 0) is 31.5 Å². The van der Waals surface area contributed by atoms with Crippen molar-refractivity contribution in [2.24, 2.45) is 5.92 Å². The normalized spacial score (nSPS) is 38.4. The molecule has 192 valence electrons. The molecule has 7 N–H and O–H groups in total. The van der Waals surface area contributed by atoms with E-state index in [-0.39, 0.29) is 23.7 Å². The van der Waals surface area contributed by atoms with Gasteiger partial charge in [0.05, 0.1) is 19.8 Å². The highest BCUT2D eigenvalue weighted by atomic mass is 16.7. The molecule has 12 nitrogen and oxygen atoms in total. The number of hydrogen-bond acceptors (Lipinski definition) is 12. The number of Topliss-reactive ketones (excluding diaryl/α,β-unsaturated/α-hetero) is 1. The molecule has 0 aromatic heterocycles. The van der Waals surface area contributed by atoms with Crippen LogP contribution in [-0.2, 0) is 9.47 Å². The fourth-order valence-corrected chi connectivity index (χ4v) is 4.21. The highest BCUT2D eigenvalue weighted by molar-refractivity contribution is 5.94. The second kappa shape index (κ2) is 11.2. The smallest absolute Gasteiger partial charge is 0.187 e. The summed E-state index contributed by atoms with van der Waals surface area (Å²) in [6, 6.07) is 4.49. The van der Waals surface area contributed by atoms with Crippen LogP contribution in [0.5, 0.6) is 11.5 Å². The van der Waals surface area contributed by atoms with E-state index < -0.39 is 74.3 Å². The van der Waals surface area contributed by atoms with Gasteiger partial charge >= 0.3 is 0 Å². The molecule has 12 heteroatoms. The van der Waals surface area contributed by atoms with Crippen LogP contribution in [0.2, 0.25) is 0 Å². The average molecular weight is 488 g/mol. The molecule has 3 rings (SSSR count). The van der Waals surface area contributed by atoms with E-state index in [9.17, 15) is 40.5 Å². The molecule has 2 fully saturated rings. The van der Waals surface area contributed by atoms with E-state index >= 15 is 0 Å². The van der Waals surface area contributed by atoms with Gasteiger partial charge in [-0.1, -0.05) is 0 Å². The van der Waals surface area contributed by atoms with Gasteiger partial charge in [0, 0.05) is 18.1 Å². The quantitative estimate of drug-likeness (QED) is 0.191. The summed E-state index contributed by atoms with van der Waals surface area (Å²) in [6.45, 7) is 0.266. The summed E-state index contributed by atoms with van der Waals surface area (Å²) in [6.07, 6.45) is -13.2. The maximum atomic E-state index is 11.7. The molecule has 0 radical (unpaired) electrons. The van der Waals surface area contributed by atoms with Crippen LogP contribution in [0, 0.1) is 5.92 Å². The topological polar surface area (TPSA) is 196 Å². The first kappa shape index (κ1) is 26.7. The predicted octanol–water partition coefficient (Wildman–Crippen LogP) is -2.44. The van der Waals surface area contributed by atoms with Gasteiger partial charge in [-0.3, -0.25) is 4.79 Å². The maximum absolute atomic E-state index is 11.7. The van der Waals surface area contributed by atoms with Crippen LogP contribution in [0.25, 0.3) is 0 Å². The van der Waals surface area contributed by atoms with E-state index in [1.165, 1.54) is 32.2 Å². The first-order chi connectivity index (χ1) is 16.1. The van der Waals surface area contributed by atoms with Gasteiger partial charge in [0.15, 0.2) is 23.6 Å². The Kier molecular flexibility index (Phi) is 8.84. The molecule has 1 saturated heterocycles. The number of methoxy groups -OCH3 is 1. The van der Waals surface area contributed by atoms with Crippen molar-refractivity contribution >= 4 is 5.78 Å². The molecule has 1 heterocycles. The van der Waals surface area contributed by atoms with Crippen LogP contribution in [0.1, 0.15) is 23.7 Å². The van der Waals surface area contributed by atoms with Crippen molar-refractivity contribution in [1.82, 2.24) is 0 Å². The zero-order chi connectivity index (χ0) is 25.2. The summed E-state index contributed by atoms with van der Waals surface area (Å²) in [5.41, 5.74) is 0.380. The standard InChI is InChI=1S/C22H32O12/c1-9(25)10-3-4-12(13(5-10)31-2)32-14-6-11(7-23)16(26)19(29)21(14)34-22-20(30)18(28)17(27)15(8-24)33-22/h3-5,11,14-24,26-30H,6-8H2,1-2H3/t11-,14-,15-,16-,17-,18+,19+,20-,21+,22+/m1/s1. The Labute approximate surface area is 195 Å². The first-order valence-electron chi connectivity index (χ1n) is 10.9. The summed E-state index contributed by atoms with van der Waals surface area (Å²) in [7, 11) is 1.38. The van der Waals surface area contributed by atoms with Crippen LogP contribution in [0.15, 0.2) is 18.2 Å². The van der Waals surface area contributed by atoms with E-state index in [4.69, 9.17) is 18.9 Å². The van der Waals surface area contributed by atoms with Crippen LogP contribution in [0.4, 0.5) is 0 Å². The summed E-state index contributed by atoms with van der Waals surface area (Å²) in [5, 5.41) is 70.6. The van der Waals surface area contributed by atoms with Crippen molar-refractivity contribution in [3.05, 3.63) is 23.8 Å². The molecule has 1 aromatic rings. The number of ether oxygens (including phenoxy) is 4. The number of carbonyl (C=O) groups excluding carboxylic acids is 1. The highest BCUT2D eigenvalue weighted by Gasteiger charge is 2.50. The zero-order valence-electron chi connectivity index (χ0n) is 18.8. The van der Waals surface area contributed by atoms with E-state index in [1.807, 2.05) is 0 Å². The van der Waals surface area contributed by atoms with Crippen LogP contribution in [0.3, 0.4) is 0 Å². The van der Waals surface area contributed by atoms with Gasteiger partial charge in [0.1, 0.15) is 42.7 Å². The largest absolute Gasteiger partial charge is 0.493 e. The Balaban J connectivity index is 1.88. The van der Waals surface area contributed by atoms with Crippen LogP contribution < -0.4 is 9.47 Å². The number of carbonyl (C=O) groups is 1. The third-order valence-electron chi connectivity index (χ3n) is 6.29. The van der Waals surface area contributed by atoms with Gasteiger partial charge < -0.3 is 54.7 Å². The number of hydrogen-bond donors (Lipinski definition) is 7. The maximum Gasteiger partial charge on any atom is 0.187 e. The van der Waals surface area contributed by atoms with Gasteiger partial charge in [-0.2, -0.15) is 0 Å². The lowest BCUT2D eigenvalue weighted by Gasteiger charge is -2.46. The fraction of sp³-hybridized carbons (Fsp3) is 0.682. The van der Waals surface area contributed by atoms with Crippen molar-refractivity contribution in [1.29, 1.82) is 0 Å². The minimum absolute atomic E-state index is 0.0223. The molecule has 1 aliphatic heterocycles. The average Bonchev–Trinajstić information content (AvgIpc) is 2.83. The third kappa shape index (κ3) is 5.35. The molecule has 0 bridgehead atoms. The second-order valence-corrected chi connectivity index (χ2v) is 8.54. The van der Waals surface area contributed by atoms with E-state index in [0.717, 1.165) is 0 Å². The summed E-state index contributed by atoms with van der Waals surface area (Å²) < 4.78 is 22.4. The minimum atomic E-state index is -1.73. The highest BCUT2D eigenvalue weighted by Crippen LogP contribution is 2.36. The Hall–Kier alpha value is -1.87. The van der Waals surface area contributed by atoms with Crippen molar-refractivity contribution < 1.29 is 59.5 Å². The molecule has 0 unspecified atom stereocenters. The van der Waals surface area contributed by atoms with Crippen molar-refractivity contribution in [2.45, 2.75) is 68.5 Å². The molecular weight excluding hydrogens is 456 g/mol. The minimum Gasteiger partial charge on any atom is -0.493 e. The summed E-state index contributed by atoms with van der Waals surface area (Å²) >= 11 is 0. The first-order valence-corrected chi connectivity index (χ1v) is 10.9. The lowest BCUT2D eigenvalue weighted by molar-refractivity contribution is -0.330. The monoisotopic (exact) mass is 488 g/mol. The molecule has 1 aliphatic carbocycles. The van der Waals surface area contributed by atoms with Gasteiger partial charge in [-0.15, -0.1) is 0 Å². The number of benzene rings is 1. The van der Waals surface area contributed by atoms with Crippen LogP contribution >= 0.6 is 0 Å². The van der Waals surface area contributed by atoms with Crippen molar-refractivity contribution in [2.75, 3.05) is 20.3 Å². The molecule has 1 aromatic carbocycles. The number of ketones is 1. The lowest BCUT2D eigenvalue weighted by atomic mass is 9.81. The number of aliphatic hydroxyl groups excluding tert-OH is 7. The Bertz CT molecular complexity index is 832. The predicted molar refractivity (Wildman–Crippen MR) is 113 cm³/mol. The van der Waals surface area contributed by atoms with Crippen LogP contribution in [-0.4, -0.2) is 117 Å². The van der Waals surface area contributed by atoms with Gasteiger partial charge in [0.25, 0.3) is 0 Å². The third-order valence-corrected chi connectivity index (χ3v) is 6.29. The summed E-state index contributed by atoms with van der Waals surface area (Å²) in [4.78, 5) is 11.7. The Morgan fingerprint density at radius 3 is 2.26 bits per heavy atom. The molecule has 0 amide bonds. The second-order valence-electron chi connectivity index (χ2n) is 8.54. The fourth-order valence-electron chi connectivity index (χ4n) is 4.21. The molecule has 10 atom stereocenters. The van der Waals surface area contributed by atoms with E-state index in [1.54, 1.807) is 0 Å². The molecule has 0 spiro atoms. The molecule has 1 saturated carbocycles. The van der Waals surface area contributed by atoms with Gasteiger partial charge in [0.2, 0.25) is 0 Å². The zero-order valence-corrected chi connectivity index (χ0v) is 18.8. The van der Waals surface area contributed by atoms with Crippen molar-refractivity contribution in [3.63, 3.8) is 0 Å². The SMILES string of the molecule is COc1cc(C(C)=O)ccc1O[C@@H]1C[C@H](CO)[C@@H](O)[C@H](O)[C@H]1O[C@@H]1O[C@H](CO)[C@@H](O)[C@H](O)[C@H]1O. The summed E-state index contributed by atoms with van der Waals surface area (Å²) in [5.74, 6) is -0.539. The molecular formula is C22H32O12. The lowest BCUT2D eigenvalue weighted by Crippen LogP contribution is -2.63. The Morgan fingerprint density at radius 1 is 0.971 bits per heavy atom. The van der Waals surface area contributed by atoms with E-state index in [2.05, 4.69) is 0 Å². The van der Waals surface area contributed by atoms with Crippen molar-refractivity contribution in [3.8, 4) is 11.5 Å².